The summed E-state index contributed by atoms with van der Waals surface area (Å²) in [7, 11) is 2.03. The highest BCUT2D eigenvalue weighted by Crippen LogP contribution is 2.28. The van der Waals surface area contributed by atoms with E-state index in [0.29, 0.717) is 6.04 Å². The van der Waals surface area contributed by atoms with E-state index in [1.54, 1.807) is 0 Å². The van der Waals surface area contributed by atoms with Gasteiger partial charge >= 0.3 is 0 Å². The Balaban J connectivity index is 2.38. The summed E-state index contributed by atoms with van der Waals surface area (Å²) in [4.78, 5) is 0. The highest BCUT2D eigenvalue weighted by Gasteiger charge is 2.10. The molecule has 19 heavy (non-hydrogen) atoms. The van der Waals surface area contributed by atoms with E-state index in [9.17, 15) is 0 Å². The molecule has 1 aromatic carbocycles. The molecule has 0 spiro atoms. The molecule has 0 bridgehead atoms. The van der Waals surface area contributed by atoms with Gasteiger partial charge in [-0.05, 0) is 47.1 Å². The minimum Gasteiger partial charge on any atom is -0.313 e. The molecule has 0 aliphatic carbocycles. The molecule has 1 N–H and O–H groups in total. The number of nitrogens with one attached hydrogen (secondary N) is 1. The highest BCUT2D eigenvalue weighted by atomic mass is 79.9. The number of hydrogen-bond acceptors (Lipinski definition) is 1. The van der Waals surface area contributed by atoms with Crippen LogP contribution >= 0.6 is 27.5 Å². The summed E-state index contributed by atoms with van der Waals surface area (Å²) >= 11 is 9.53. The van der Waals surface area contributed by atoms with Crippen molar-refractivity contribution in [3.63, 3.8) is 0 Å². The van der Waals surface area contributed by atoms with E-state index in [0.717, 1.165) is 9.50 Å². The molecule has 1 rings (SSSR count). The molecule has 0 aromatic heterocycles. The number of halogens is 2. The maximum absolute atomic E-state index is 6.04. The molecule has 0 fully saturated rings. The van der Waals surface area contributed by atoms with Gasteiger partial charge in [-0.3, -0.25) is 0 Å². The van der Waals surface area contributed by atoms with Crippen molar-refractivity contribution >= 4 is 27.5 Å². The van der Waals surface area contributed by atoms with Gasteiger partial charge in [-0.25, -0.2) is 0 Å². The van der Waals surface area contributed by atoms with Gasteiger partial charge in [-0.1, -0.05) is 63.1 Å². The van der Waals surface area contributed by atoms with Gasteiger partial charge in [-0.15, -0.1) is 0 Å². The second-order valence-corrected chi connectivity index (χ2v) is 6.33. The van der Waals surface area contributed by atoms with Gasteiger partial charge in [-0.2, -0.15) is 0 Å². The van der Waals surface area contributed by atoms with Crippen LogP contribution in [0.25, 0.3) is 0 Å². The molecule has 1 atom stereocenters. The van der Waals surface area contributed by atoms with E-state index in [-0.39, 0.29) is 0 Å². The quantitative estimate of drug-likeness (QED) is 0.532. The molecular weight excluding hydrogens is 322 g/mol. The molecule has 108 valence electrons. The second-order valence-electron chi connectivity index (χ2n) is 5.07. The van der Waals surface area contributed by atoms with E-state index >= 15 is 0 Å². The first-order valence-electron chi connectivity index (χ1n) is 7.31. The van der Waals surface area contributed by atoms with E-state index in [1.165, 1.54) is 50.5 Å². The summed E-state index contributed by atoms with van der Waals surface area (Å²) < 4.78 is 0.981. The van der Waals surface area contributed by atoms with E-state index in [1.807, 2.05) is 13.1 Å². The lowest BCUT2D eigenvalue weighted by Crippen LogP contribution is -2.16. The van der Waals surface area contributed by atoms with Crippen LogP contribution in [0.5, 0.6) is 0 Å². The third-order valence-electron chi connectivity index (χ3n) is 3.54. The molecule has 0 heterocycles. The van der Waals surface area contributed by atoms with E-state index in [4.69, 9.17) is 11.6 Å². The van der Waals surface area contributed by atoms with Gasteiger partial charge < -0.3 is 5.32 Å². The van der Waals surface area contributed by atoms with Crippen LogP contribution in [0.2, 0.25) is 5.02 Å². The fraction of sp³-hybridized carbons (Fsp3) is 0.625. The van der Waals surface area contributed by atoms with Gasteiger partial charge in [0.05, 0.1) is 5.02 Å². The Morgan fingerprint density at radius 3 is 2.47 bits per heavy atom. The third kappa shape index (κ3) is 6.29. The van der Waals surface area contributed by atoms with Crippen LogP contribution in [-0.2, 0) is 0 Å². The van der Waals surface area contributed by atoms with Crippen LogP contribution in [0.1, 0.15) is 63.5 Å². The van der Waals surface area contributed by atoms with Crippen LogP contribution in [0.4, 0.5) is 0 Å². The predicted molar refractivity (Wildman–Crippen MR) is 88.9 cm³/mol. The lowest BCUT2D eigenvalue weighted by atomic mass is 10.00. The van der Waals surface area contributed by atoms with Gasteiger partial charge in [0.25, 0.3) is 0 Å². The normalized spacial score (nSPS) is 12.6. The first-order chi connectivity index (χ1) is 9.19. The number of hydrogen-bond donors (Lipinski definition) is 1. The maximum atomic E-state index is 6.04. The molecule has 3 heteroatoms. The minimum absolute atomic E-state index is 0.430. The summed E-state index contributed by atoms with van der Waals surface area (Å²) in [6.45, 7) is 2.26. The van der Waals surface area contributed by atoms with Gasteiger partial charge in [0, 0.05) is 10.5 Å². The van der Waals surface area contributed by atoms with Crippen molar-refractivity contribution in [3.8, 4) is 0 Å². The molecule has 0 saturated carbocycles. The Morgan fingerprint density at radius 1 is 1.16 bits per heavy atom. The highest BCUT2D eigenvalue weighted by molar-refractivity contribution is 9.10. The monoisotopic (exact) mass is 345 g/mol. The zero-order valence-electron chi connectivity index (χ0n) is 12.0. The fourth-order valence-electron chi connectivity index (χ4n) is 2.34. The first-order valence-corrected chi connectivity index (χ1v) is 8.48. The average Bonchev–Trinajstić information content (AvgIpc) is 2.41. The third-order valence-corrected chi connectivity index (χ3v) is 4.75. The molecule has 0 radical (unpaired) electrons. The molecule has 0 aliphatic rings. The molecule has 0 saturated heterocycles. The SMILES string of the molecule is CCCCCCCCC(NC)c1ccc(Cl)c(Br)c1. The van der Waals surface area contributed by atoms with Crippen LogP contribution < -0.4 is 5.32 Å². The van der Waals surface area contributed by atoms with Crippen LogP contribution in [0.3, 0.4) is 0 Å². The summed E-state index contributed by atoms with van der Waals surface area (Å²) in [5.41, 5.74) is 1.31. The van der Waals surface area contributed by atoms with Gasteiger partial charge in [0.15, 0.2) is 0 Å². The molecular formula is C16H25BrClN. The second kappa shape index (κ2) is 9.79. The number of benzene rings is 1. The van der Waals surface area contributed by atoms with Crippen molar-refractivity contribution in [2.75, 3.05) is 7.05 Å². The zero-order chi connectivity index (χ0) is 14.1. The van der Waals surface area contributed by atoms with Gasteiger partial charge in [0.2, 0.25) is 0 Å². The Bertz CT molecular complexity index is 368. The van der Waals surface area contributed by atoms with Crippen molar-refractivity contribution in [2.45, 2.75) is 57.9 Å². The first kappa shape index (κ1) is 17.0. The van der Waals surface area contributed by atoms with Crippen molar-refractivity contribution < 1.29 is 0 Å². The van der Waals surface area contributed by atoms with Crippen LogP contribution in [0.15, 0.2) is 22.7 Å². The zero-order valence-corrected chi connectivity index (χ0v) is 14.4. The smallest absolute Gasteiger partial charge is 0.0548 e. The van der Waals surface area contributed by atoms with Crippen LogP contribution in [0, 0.1) is 0 Å². The van der Waals surface area contributed by atoms with Crippen molar-refractivity contribution in [1.29, 1.82) is 0 Å². The molecule has 1 aromatic rings. The summed E-state index contributed by atoms with van der Waals surface area (Å²) in [5.74, 6) is 0. The topological polar surface area (TPSA) is 12.0 Å². The molecule has 1 nitrogen and oxygen atoms in total. The number of unbranched alkanes of at least 4 members (excludes halogenated alkanes) is 5. The predicted octanol–water partition coefficient (Wildman–Crippen LogP) is 6.11. The lowest BCUT2D eigenvalue weighted by Gasteiger charge is -2.17. The van der Waals surface area contributed by atoms with Crippen molar-refractivity contribution in [3.05, 3.63) is 33.3 Å². The van der Waals surface area contributed by atoms with Crippen LogP contribution in [-0.4, -0.2) is 7.05 Å². The summed E-state index contributed by atoms with van der Waals surface area (Å²) in [6.07, 6.45) is 9.26. The molecule has 0 amide bonds. The summed E-state index contributed by atoms with van der Waals surface area (Å²) in [6, 6.07) is 6.64. The Hall–Kier alpha value is -0.0500. The standard InChI is InChI=1S/C16H25BrClN/c1-3-4-5-6-7-8-9-16(19-2)13-10-11-15(18)14(17)12-13/h10-12,16,19H,3-9H2,1-2H3. The molecule has 1 unspecified atom stereocenters. The van der Waals surface area contributed by atoms with Crippen molar-refractivity contribution in [1.82, 2.24) is 5.32 Å². The van der Waals surface area contributed by atoms with Crippen molar-refractivity contribution in [2.24, 2.45) is 0 Å². The maximum Gasteiger partial charge on any atom is 0.0548 e. The Morgan fingerprint density at radius 2 is 1.84 bits per heavy atom. The average molecular weight is 347 g/mol. The fourth-order valence-corrected chi connectivity index (χ4v) is 2.85. The Kier molecular flexibility index (Phi) is 8.76. The van der Waals surface area contributed by atoms with E-state index < -0.39 is 0 Å². The lowest BCUT2D eigenvalue weighted by molar-refractivity contribution is 0.498. The Labute approximate surface area is 131 Å². The summed E-state index contributed by atoms with van der Waals surface area (Å²) in [5, 5.41) is 4.18. The van der Waals surface area contributed by atoms with E-state index in [2.05, 4.69) is 40.3 Å². The largest absolute Gasteiger partial charge is 0.313 e. The minimum atomic E-state index is 0.430. The van der Waals surface area contributed by atoms with Gasteiger partial charge in [0.1, 0.15) is 0 Å². The number of rotatable bonds is 9. The molecule has 0 aliphatic heterocycles.